The fourth-order valence-electron chi connectivity index (χ4n) is 1.42. The topological polar surface area (TPSA) is 72.5 Å². The Hall–Kier alpha value is -0.620. The summed E-state index contributed by atoms with van der Waals surface area (Å²) in [4.78, 5) is 11.3. The zero-order chi connectivity index (χ0) is 11.3. The van der Waals surface area contributed by atoms with Gasteiger partial charge in [0.05, 0.1) is 5.75 Å². The minimum Gasteiger partial charge on any atom is -0.381 e. The number of amides is 1. The van der Waals surface area contributed by atoms with Crippen LogP contribution in [-0.2, 0) is 19.4 Å². The largest absolute Gasteiger partial charge is 0.381 e. The van der Waals surface area contributed by atoms with E-state index in [-0.39, 0.29) is 24.1 Å². The van der Waals surface area contributed by atoms with E-state index in [1.165, 1.54) is 0 Å². The van der Waals surface area contributed by atoms with Crippen molar-refractivity contribution in [1.29, 1.82) is 0 Å². The summed E-state index contributed by atoms with van der Waals surface area (Å²) >= 11 is 0. The molecule has 0 spiro atoms. The predicted molar refractivity (Wildman–Crippen MR) is 56.3 cm³/mol. The second-order valence-electron chi connectivity index (χ2n) is 3.83. The molecule has 0 unspecified atom stereocenters. The van der Waals surface area contributed by atoms with Crippen LogP contribution < -0.4 is 5.32 Å². The van der Waals surface area contributed by atoms with Gasteiger partial charge >= 0.3 is 0 Å². The van der Waals surface area contributed by atoms with E-state index in [1.54, 1.807) is 0 Å². The van der Waals surface area contributed by atoms with E-state index in [2.05, 4.69) is 5.32 Å². The minimum absolute atomic E-state index is 0.0518. The maximum absolute atomic E-state index is 11.3. The van der Waals surface area contributed by atoms with Gasteiger partial charge in [0.15, 0.2) is 0 Å². The molecule has 0 atom stereocenters. The zero-order valence-corrected chi connectivity index (χ0v) is 9.68. The number of carbonyl (C=O) groups excluding carboxylic acids is 1. The highest BCUT2D eigenvalue weighted by Gasteiger charge is 2.16. The van der Waals surface area contributed by atoms with Crippen LogP contribution >= 0.6 is 0 Å². The average molecular weight is 235 g/mol. The van der Waals surface area contributed by atoms with E-state index in [0.717, 1.165) is 19.1 Å². The molecule has 0 radical (unpaired) electrons. The van der Waals surface area contributed by atoms with E-state index in [1.807, 2.05) is 0 Å². The summed E-state index contributed by atoms with van der Waals surface area (Å²) in [6.07, 6.45) is 2.81. The van der Waals surface area contributed by atoms with Gasteiger partial charge in [-0.15, -0.1) is 0 Å². The van der Waals surface area contributed by atoms with Crippen molar-refractivity contribution >= 4 is 15.7 Å². The Morgan fingerprint density at radius 3 is 2.53 bits per heavy atom. The van der Waals surface area contributed by atoms with Crippen molar-refractivity contribution in [2.24, 2.45) is 0 Å². The predicted octanol–water partition coefficient (Wildman–Crippen LogP) is -0.284. The first-order chi connectivity index (χ1) is 6.97. The van der Waals surface area contributed by atoms with Crippen molar-refractivity contribution in [2.75, 3.05) is 25.2 Å². The third-order valence-electron chi connectivity index (χ3n) is 2.29. The Morgan fingerprint density at radius 1 is 1.40 bits per heavy atom. The van der Waals surface area contributed by atoms with Crippen molar-refractivity contribution in [1.82, 2.24) is 5.32 Å². The number of carbonyl (C=O) groups is 1. The van der Waals surface area contributed by atoms with Gasteiger partial charge in [-0.3, -0.25) is 4.79 Å². The molecule has 0 aliphatic carbocycles. The molecule has 0 bridgehead atoms. The molecular formula is C9H17NO4S. The van der Waals surface area contributed by atoms with E-state index in [0.29, 0.717) is 13.2 Å². The van der Waals surface area contributed by atoms with Crippen LogP contribution in [0.5, 0.6) is 0 Å². The maximum Gasteiger partial charge on any atom is 0.221 e. The highest BCUT2D eigenvalue weighted by molar-refractivity contribution is 7.90. The molecule has 0 aromatic rings. The van der Waals surface area contributed by atoms with E-state index in [9.17, 15) is 13.2 Å². The molecule has 1 amide bonds. The normalized spacial score (nSPS) is 18.7. The zero-order valence-electron chi connectivity index (χ0n) is 8.86. The van der Waals surface area contributed by atoms with Gasteiger partial charge in [-0.25, -0.2) is 8.42 Å². The summed E-state index contributed by atoms with van der Waals surface area (Å²) in [5.41, 5.74) is 0. The summed E-state index contributed by atoms with van der Waals surface area (Å²) in [5.74, 6) is -0.269. The van der Waals surface area contributed by atoms with Crippen LogP contribution in [0.2, 0.25) is 0 Å². The second-order valence-corrected chi connectivity index (χ2v) is 6.09. The summed E-state index contributed by atoms with van der Waals surface area (Å²) in [6, 6.07) is 0.144. The van der Waals surface area contributed by atoms with E-state index < -0.39 is 9.84 Å². The quantitative estimate of drug-likeness (QED) is 0.727. The molecule has 0 aromatic heterocycles. The van der Waals surface area contributed by atoms with Gasteiger partial charge in [0.25, 0.3) is 0 Å². The molecule has 1 rings (SSSR count). The lowest BCUT2D eigenvalue weighted by Crippen LogP contribution is -2.39. The molecule has 5 nitrogen and oxygen atoms in total. The smallest absolute Gasteiger partial charge is 0.221 e. The highest BCUT2D eigenvalue weighted by Crippen LogP contribution is 2.06. The molecule has 6 heteroatoms. The first kappa shape index (κ1) is 12.4. The second kappa shape index (κ2) is 5.46. The molecule has 1 aliphatic heterocycles. The fraction of sp³-hybridized carbons (Fsp3) is 0.889. The summed E-state index contributed by atoms with van der Waals surface area (Å²) in [7, 11) is -3.05. The molecule has 1 N–H and O–H groups in total. The Balaban J connectivity index is 2.23. The SMILES string of the molecule is CS(=O)(=O)CCC(=O)NC1CCOCC1. The van der Waals surface area contributed by atoms with Crippen LogP contribution in [0.4, 0.5) is 0 Å². The van der Waals surface area contributed by atoms with Crippen LogP contribution in [0.1, 0.15) is 19.3 Å². The molecule has 0 saturated carbocycles. The lowest BCUT2D eigenvalue weighted by atomic mass is 10.1. The lowest BCUT2D eigenvalue weighted by molar-refractivity contribution is -0.122. The number of ether oxygens (including phenoxy) is 1. The minimum atomic E-state index is -3.05. The first-order valence-corrected chi connectivity index (χ1v) is 7.08. The number of rotatable bonds is 4. The molecule has 0 aromatic carbocycles. The molecule has 15 heavy (non-hydrogen) atoms. The van der Waals surface area contributed by atoms with Gasteiger partial charge < -0.3 is 10.1 Å². The van der Waals surface area contributed by atoms with Gasteiger partial charge in [0, 0.05) is 31.9 Å². The fourth-order valence-corrected chi connectivity index (χ4v) is 1.98. The monoisotopic (exact) mass is 235 g/mol. The standard InChI is InChI=1S/C9H17NO4S/c1-15(12,13)7-4-9(11)10-8-2-5-14-6-3-8/h8H,2-7H2,1H3,(H,10,11). The van der Waals surface area contributed by atoms with E-state index in [4.69, 9.17) is 4.74 Å². The average Bonchev–Trinajstić information content (AvgIpc) is 2.15. The number of hydrogen-bond donors (Lipinski definition) is 1. The lowest BCUT2D eigenvalue weighted by Gasteiger charge is -2.22. The van der Waals surface area contributed by atoms with E-state index >= 15 is 0 Å². The highest BCUT2D eigenvalue weighted by atomic mass is 32.2. The summed E-state index contributed by atoms with van der Waals surface area (Å²) < 4.78 is 26.8. The number of hydrogen-bond acceptors (Lipinski definition) is 4. The van der Waals surface area contributed by atoms with Crippen LogP contribution in [0, 0.1) is 0 Å². The molecular weight excluding hydrogens is 218 g/mol. The van der Waals surface area contributed by atoms with Crippen molar-refractivity contribution in [3.05, 3.63) is 0 Å². The van der Waals surface area contributed by atoms with Crippen LogP contribution in [-0.4, -0.2) is 45.6 Å². The summed E-state index contributed by atoms with van der Waals surface area (Å²) in [5, 5.41) is 2.81. The van der Waals surface area contributed by atoms with Gasteiger partial charge in [-0.05, 0) is 12.8 Å². The number of sulfone groups is 1. The Morgan fingerprint density at radius 2 is 2.00 bits per heavy atom. The van der Waals surface area contributed by atoms with Crippen molar-refractivity contribution in [2.45, 2.75) is 25.3 Å². The first-order valence-electron chi connectivity index (χ1n) is 5.02. The van der Waals surface area contributed by atoms with Gasteiger partial charge in [0.1, 0.15) is 9.84 Å². The van der Waals surface area contributed by atoms with Crippen molar-refractivity contribution in [3.63, 3.8) is 0 Å². The van der Waals surface area contributed by atoms with Crippen molar-refractivity contribution in [3.8, 4) is 0 Å². The molecule has 1 aliphatic rings. The van der Waals surface area contributed by atoms with Crippen LogP contribution in [0.15, 0.2) is 0 Å². The Bertz CT molecular complexity index is 306. The van der Waals surface area contributed by atoms with Crippen LogP contribution in [0.25, 0.3) is 0 Å². The van der Waals surface area contributed by atoms with Crippen LogP contribution in [0.3, 0.4) is 0 Å². The van der Waals surface area contributed by atoms with Gasteiger partial charge in [0.2, 0.25) is 5.91 Å². The van der Waals surface area contributed by atoms with Crippen molar-refractivity contribution < 1.29 is 17.9 Å². The maximum atomic E-state index is 11.3. The molecule has 1 heterocycles. The Labute approximate surface area is 90.1 Å². The third kappa shape index (κ3) is 5.74. The molecule has 88 valence electrons. The van der Waals surface area contributed by atoms with Gasteiger partial charge in [-0.1, -0.05) is 0 Å². The molecule has 1 saturated heterocycles. The third-order valence-corrected chi connectivity index (χ3v) is 3.23. The van der Waals surface area contributed by atoms with Gasteiger partial charge in [-0.2, -0.15) is 0 Å². The summed E-state index contributed by atoms with van der Waals surface area (Å²) in [6.45, 7) is 1.33. The molecule has 1 fully saturated rings. The number of nitrogens with one attached hydrogen (secondary N) is 1. The Kier molecular flexibility index (Phi) is 4.53.